The summed E-state index contributed by atoms with van der Waals surface area (Å²) in [4.78, 5) is 10.4. The van der Waals surface area contributed by atoms with Gasteiger partial charge in [0.05, 0.1) is 5.33 Å². The van der Waals surface area contributed by atoms with Crippen LogP contribution in [0.4, 0.5) is 0 Å². The normalized spacial score (nSPS) is 11.5. The van der Waals surface area contributed by atoms with E-state index in [9.17, 15) is 4.79 Å². The highest BCUT2D eigenvalue weighted by molar-refractivity contribution is 9.09. The molecule has 0 aliphatic carbocycles. The Labute approximate surface area is 70.4 Å². The summed E-state index contributed by atoms with van der Waals surface area (Å²) >= 11 is 18.3. The average Bonchev–Trinajstić information content (AvgIpc) is 1.62. The van der Waals surface area contributed by atoms with Gasteiger partial charge in [-0.3, -0.25) is 4.79 Å². The second kappa shape index (κ2) is 3.25. The Balaban J connectivity index is 3.82. The number of alkyl halides is 4. The number of halogens is 4. The molecule has 5 heteroatoms. The molecule has 0 spiro atoms. The molecular formula is C3H2BrCl3O. The Morgan fingerprint density at radius 1 is 1.50 bits per heavy atom. The van der Waals surface area contributed by atoms with Gasteiger partial charge in [-0.2, -0.15) is 0 Å². The van der Waals surface area contributed by atoms with Gasteiger partial charge in [-0.15, -0.1) is 0 Å². The summed E-state index contributed by atoms with van der Waals surface area (Å²) in [6, 6.07) is 0. The van der Waals surface area contributed by atoms with Crippen LogP contribution < -0.4 is 0 Å². The van der Waals surface area contributed by atoms with Crippen LogP contribution in [0.3, 0.4) is 0 Å². The van der Waals surface area contributed by atoms with Crippen molar-refractivity contribution >= 4 is 56.5 Å². The van der Waals surface area contributed by atoms with Crippen LogP contribution in [0.2, 0.25) is 0 Å². The Morgan fingerprint density at radius 2 is 1.88 bits per heavy atom. The third kappa shape index (κ3) is 3.13. The van der Waals surface area contributed by atoms with E-state index in [1.165, 1.54) is 0 Å². The van der Waals surface area contributed by atoms with Crippen LogP contribution in [0.15, 0.2) is 0 Å². The molecule has 0 aromatic rings. The Bertz CT molecular complexity index is 97.2. The molecule has 0 aliphatic rings. The summed E-state index contributed by atoms with van der Waals surface area (Å²) < 4.78 is -1.76. The van der Waals surface area contributed by atoms with Crippen molar-refractivity contribution in [2.45, 2.75) is 3.79 Å². The van der Waals surface area contributed by atoms with Gasteiger partial charge in [-0.25, -0.2) is 0 Å². The third-order valence-electron chi connectivity index (χ3n) is 0.438. The molecule has 0 unspecified atom stereocenters. The first kappa shape index (κ1) is 9.02. The molecule has 0 N–H and O–H groups in total. The van der Waals surface area contributed by atoms with Crippen LogP contribution in [0.1, 0.15) is 0 Å². The van der Waals surface area contributed by atoms with Crippen molar-refractivity contribution in [2.75, 3.05) is 5.33 Å². The van der Waals surface area contributed by atoms with Crippen molar-refractivity contribution in [3.8, 4) is 0 Å². The summed E-state index contributed by atoms with van der Waals surface area (Å²) in [5.41, 5.74) is 0. The summed E-state index contributed by atoms with van der Waals surface area (Å²) in [7, 11) is 0. The second-order valence-corrected chi connectivity index (χ2v) is 3.90. The molecule has 0 rings (SSSR count). The van der Waals surface area contributed by atoms with E-state index in [2.05, 4.69) is 15.9 Å². The summed E-state index contributed by atoms with van der Waals surface area (Å²) in [6.45, 7) is 0. The predicted octanol–water partition coefficient (Wildman–Crippen LogP) is 2.32. The van der Waals surface area contributed by atoms with Gasteiger partial charge in [0.2, 0.25) is 3.79 Å². The van der Waals surface area contributed by atoms with E-state index in [1.54, 1.807) is 0 Å². The second-order valence-electron chi connectivity index (χ2n) is 1.05. The molecule has 0 saturated carbocycles. The molecule has 0 bridgehead atoms. The van der Waals surface area contributed by atoms with Crippen LogP contribution in [0, 0.1) is 0 Å². The minimum Gasteiger partial charge on any atom is -0.294 e. The SMILES string of the molecule is O=C(CBr)C(Cl)(Cl)Cl. The van der Waals surface area contributed by atoms with Gasteiger partial charge in [-0.1, -0.05) is 50.7 Å². The maximum Gasteiger partial charge on any atom is 0.249 e. The van der Waals surface area contributed by atoms with E-state index in [4.69, 9.17) is 34.8 Å². The molecule has 0 atom stereocenters. The van der Waals surface area contributed by atoms with Crippen LogP contribution in [0.5, 0.6) is 0 Å². The minimum atomic E-state index is -1.76. The van der Waals surface area contributed by atoms with Crippen LogP contribution in [-0.4, -0.2) is 14.9 Å². The molecule has 0 heterocycles. The van der Waals surface area contributed by atoms with Crippen LogP contribution in [0.25, 0.3) is 0 Å². The zero-order valence-corrected chi connectivity index (χ0v) is 7.48. The van der Waals surface area contributed by atoms with Crippen molar-refractivity contribution in [2.24, 2.45) is 0 Å². The molecule has 0 aromatic heterocycles. The van der Waals surface area contributed by atoms with Gasteiger partial charge >= 0.3 is 0 Å². The third-order valence-corrected chi connectivity index (χ3v) is 1.58. The van der Waals surface area contributed by atoms with Crippen molar-refractivity contribution in [1.29, 1.82) is 0 Å². The first-order valence-corrected chi connectivity index (χ1v) is 3.90. The summed E-state index contributed by atoms with van der Waals surface area (Å²) in [5.74, 6) is -0.456. The Morgan fingerprint density at radius 3 is 1.88 bits per heavy atom. The fourth-order valence-electron chi connectivity index (χ4n) is 0.0758. The maximum atomic E-state index is 10.4. The number of rotatable bonds is 1. The first-order valence-electron chi connectivity index (χ1n) is 1.64. The Kier molecular flexibility index (Phi) is 3.67. The highest BCUT2D eigenvalue weighted by atomic mass is 79.9. The maximum absolute atomic E-state index is 10.4. The highest BCUT2D eigenvalue weighted by Crippen LogP contribution is 2.27. The number of Topliss-reactive ketones (excluding diaryl/α,β-unsaturated/α-hetero) is 1. The largest absolute Gasteiger partial charge is 0.294 e. The average molecular weight is 240 g/mol. The number of hydrogen-bond donors (Lipinski definition) is 0. The molecule has 0 aliphatic heterocycles. The van der Waals surface area contributed by atoms with Crippen LogP contribution in [-0.2, 0) is 4.79 Å². The van der Waals surface area contributed by atoms with E-state index in [1.807, 2.05) is 0 Å². The van der Waals surface area contributed by atoms with E-state index in [-0.39, 0.29) is 5.33 Å². The number of carbonyl (C=O) groups is 1. The number of ketones is 1. The zero-order valence-electron chi connectivity index (χ0n) is 3.63. The number of hydrogen-bond acceptors (Lipinski definition) is 1. The van der Waals surface area contributed by atoms with Gasteiger partial charge in [-0.05, 0) is 0 Å². The lowest BCUT2D eigenvalue weighted by Crippen LogP contribution is -2.19. The molecule has 0 amide bonds. The standard InChI is InChI=1S/C3H2BrCl3O/c4-1-2(8)3(5,6)7/h1H2. The van der Waals surface area contributed by atoms with Crippen molar-refractivity contribution < 1.29 is 4.79 Å². The highest BCUT2D eigenvalue weighted by Gasteiger charge is 2.28. The first-order chi connectivity index (χ1) is 3.48. The van der Waals surface area contributed by atoms with Gasteiger partial charge in [0, 0.05) is 0 Å². The molecule has 0 radical (unpaired) electrons. The van der Waals surface area contributed by atoms with E-state index < -0.39 is 9.58 Å². The molecular weight excluding hydrogens is 238 g/mol. The molecule has 48 valence electrons. The molecule has 0 aromatic carbocycles. The fraction of sp³-hybridized carbons (Fsp3) is 0.667. The van der Waals surface area contributed by atoms with Gasteiger partial charge in [0.1, 0.15) is 0 Å². The van der Waals surface area contributed by atoms with Gasteiger partial charge in [0.25, 0.3) is 0 Å². The van der Waals surface area contributed by atoms with E-state index >= 15 is 0 Å². The summed E-state index contributed by atoms with van der Waals surface area (Å²) in [5, 5.41) is 0.0729. The lowest BCUT2D eigenvalue weighted by atomic mass is 10.5. The van der Waals surface area contributed by atoms with E-state index in [0.29, 0.717) is 0 Å². The quantitative estimate of drug-likeness (QED) is 0.643. The minimum absolute atomic E-state index is 0.0729. The summed E-state index contributed by atoms with van der Waals surface area (Å²) in [6.07, 6.45) is 0. The smallest absolute Gasteiger partial charge is 0.249 e. The van der Waals surface area contributed by atoms with Gasteiger partial charge in [0.15, 0.2) is 5.78 Å². The lowest BCUT2D eigenvalue weighted by molar-refractivity contribution is -0.115. The lowest BCUT2D eigenvalue weighted by Gasteiger charge is -2.04. The topological polar surface area (TPSA) is 17.1 Å². The van der Waals surface area contributed by atoms with Crippen molar-refractivity contribution in [1.82, 2.24) is 0 Å². The molecule has 0 fully saturated rings. The monoisotopic (exact) mass is 238 g/mol. The van der Waals surface area contributed by atoms with Gasteiger partial charge < -0.3 is 0 Å². The Hall–Kier alpha value is 1.02. The zero-order chi connectivity index (χ0) is 6.78. The predicted molar refractivity (Wildman–Crippen MR) is 39.1 cm³/mol. The fourth-order valence-corrected chi connectivity index (χ4v) is 1.18. The van der Waals surface area contributed by atoms with Crippen LogP contribution >= 0.6 is 50.7 Å². The molecule has 0 saturated heterocycles. The van der Waals surface area contributed by atoms with Crippen molar-refractivity contribution in [3.05, 3.63) is 0 Å². The van der Waals surface area contributed by atoms with Crippen molar-refractivity contribution in [3.63, 3.8) is 0 Å². The number of carbonyl (C=O) groups excluding carboxylic acids is 1. The molecule has 8 heavy (non-hydrogen) atoms. The van der Waals surface area contributed by atoms with E-state index in [0.717, 1.165) is 0 Å². The molecule has 1 nitrogen and oxygen atoms in total.